The van der Waals surface area contributed by atoms with E-state index in [2.05, 4.69) is 19.1 Å². The quantitative estimate of drug-likeness (QED) is 0.764. The second-order valence-electron chi connectivity index (χ2n) is 9.35. The number of aliphatic hydroxyl groups excluding tert-OH is 1. The first-order chi connectivity index (χ1) is 12.6. The lowest BCUT2D eigenvalue weighted by molar-refractivity contribution is -0.118. The van der Waals surface area contributed by atoms with Crippen LogP contribution in [0.1, 0.15) is 45.4 Å². The van der Waals surface area contributed by atoms with Gasteiger partial charge in [-0.3, -0.25) is 4.79 Å². The van der Waals surface area contributed by atoms with Gasteiger partial charge in [0.25, 0.3) is 0 Å². The number of carbonyl (C=O) groups is 1. The molecule has 0 aliphatic heterocycles. The normalized spacial score (nSPS) is 51.5. The van der Waals surface area contributed by atoms with Crippen LogP contribution in [0.25, 0.3) is 0 Å². The van der Waals surface area contributed by atoms with Crippen LogP contribution in [-0.4, -0.2) is 28.2 Å². The van der Waals surface area contributed by atoms with Gasteiger partial charge < -0.3 is 10.2 Å². The smallest absolute Gasteiger partial charge is 0.155 e. The van der Waals surface area contributed by atoms with E-state index in [1.54, 1.807) is 6.08 Å². The van der Waals surface area contributed by atoms with Crippen molar-refractivity contribution in [1.82, 2.24) is 0 Å². The van der Waals surface area contributed by atoms with Crippen molar-refractivity contribution < 1.29 is 15.0 Å². The molecule has 0 amide bonds. The number of hydrogen-bond acceptors (Lipinski definition) is 3. The van der Waals surface area contributed by atoms with Gasteiger partial charge in [0.15, 0.2) is 5.78 Å². The molecule has 26 heavy (non-hydrogen) atoms. The van der Waals surface area contributed by atoms with Crippen LogP contribution < -0.4 is 0 Å². The Kier molecular flexibility index (Phi) is 3.68. The van der Waals surface area contributed by atoms with Gasteiger partial charge in [-0.15, -0.1) is 0 Å². The maximum Gasteiger partial charge on any atom is 0.155 e. The van der Waals surface area contributed by atoms with Gasteiger partial charge in [0, 0.05) is 11.8 Å². The third kappa shape index (κ3) is 1.99. The van der Waals surface area contributed by atoms with Crippen molar-refractivity contribution in [3.8, 4) is 0 Å². The Morgan fingerprint density at radius 2 is 2.15 bits per heavy atom. The first kappa shape index (κ1) is 16.9. The number of aliphatic hydroxyl groups is 2. The molecule has 3 saturated carbocycles. The molecule has 0 aromatic carbocycles. The van der Waals surface area contributed by atoms with Crippen LogP contribution >= 0.6 is 0 Å². The largest absolute Gasteiger partial charge is 0.392 e. The lowest BCUT2D eigenvalue weighted by Gasteiger charge is -2.56. The summed E-state index contributed by atoms with van der Waals surface area (Å²) in [5.41, 5.74) is 0.452. The second-order valence-corrected chi connectivity index (χ2v) is 9.35. The summed E-state index contributed by atoms with van der Waals surface area (Å²) in [6.07, 6.45) is 16.2. The number of rotatable bonds is 3. The molecule has 0 spiro atoms. The monoisotopic (exact) mass is 354 g/mol. The SMILES string of the molecule is CC[C@]12CCC3C(C=CC4=CC(=O)CC[C@@H]43)C1C1C[C@@H]1[C@@]2(O)/C=C\CO. The highest BCUT2D eigenvalue weighted by molar-refractivity contribution is 5.91. The molecule has 0 bridgehead atoms. The van der Waals surface area contributed by atoms with Crippen LogP contribution in [0.3, 0.4) is 0 Å². The van der Waals surface area contributed by atoms with Crippen LogP contribution in [0.4, 0.5) is 0 Å². The molecule has 0 heterocycles. The minimum absolute atomic E-state index is 0.000368. The van der Waals surface area contributed by atoms with Gasteiger partial charge in [0.1, 0.15) is 0 Å². The Balaban J connectivity index is 1.55. The summed E-state index contributed by atoms with van der Waals surface area (Å²) >= 11 is 0. The summed E-state index contributed by atoms with van der Waals surface area (Å²) < 4.78 is 0. The number of ketones is 1. The molecule has 0 aromatic heterocycles. The molecule has 3 nitrogen and oxygen atoms in total. The zero-order valence-corrected chi connectivity index (χ0v) is 15.6. The maximum atomic E-state index is 11.8. The summed E-state index contributed by atoms with van der Waals surface area (Å²) in [6.45, 7) is 2.24. The molecule has 3 heteroatoms. The van der Waals surface area contributed by atoms with E-state index >= 15 is 0 Å². The topological polar surface area (TPSA) is 57.5 Å². The number of fused-ring (bicyclic) bond motifs is 7. The number of allylic oxidation sites excluding steroid dienone is 4. The lowest BCUT2D eigenvalue weighted by atomic mass is 9.49. The van der Waals surface area contributed by atoms with E-state index in [0.717, 1.165) is 32.1 Å². The molecule has 8 atom stereocenters. The van der Waals surface area contributed by atoms with Crippen molar-refractivity contribution in [1.29, 1.82) is 0 Å². The van der Waals surface area contributed by atoms with E-state index in [9.17, 15) is 15.0 Å². The summed E-state index contributed by atoms with van der Waals surface area (Å²) in [5.74, 6) is 3.52. The summed E-state index contributed by atoms with van der Waals surface area (Å²) in [7, 11) is 0. The van der Waals surface area contributed by atoms with E-state index in [1.807, 2.05) is 12.2 Å². The van der Waals surface area contributed by atoms with Crippen molar-refractivity contribution in [2.45, 2.75) is 51.0 Å². The lowest BCUT2D eigenvalue weighted by Crippen LogP contribution is -2.55. The highest BCUT2D eigenvalue weighted by atomic mass is 16.3. The van der Waals surface area contributed by atoms with E-state index < -0.39 is 5.60 Å². The van der Waals surface area contributed by atoms with Crippen LogP contribution in [0.2, 0.25) is 0 Å². The molecule has 140 valence electrons. The first-order valence-corrected chi connectivity index (χ1v) is 10.5. The predicted octanol–water partition coefficient (Wildman–Crippen LogP) is 3.43. The fourth-order valence-corrected chi connectivity index (χ4v) is 7.70. The van der Waals surface area contributed by atoms with Crippen LogP contribution in [0, 0.1) is 40.9 Å². The summed E-state index contributed by atoms with van der Waals surface area (Å²) in [6, 6.07) is 0. The molecular weight excluding hydrogens is 324 g/mol. The van der Waals surface area contributed by atoms with E-state index in [4.69, 9.17) is 0 Å². The number of carbonyl (C=O) groups excluding carboxylic acids is 1. The number of hydrogen-bond donors (Lipinski definition) is 2. The van der Waals surface area contributed by atoms with Gasteiger partial charge in [-0.05, 0) is 79.3 Å². The van der Waals surface area contributed by atoms with Gasteiger partial charge in [-0.1, -0.05) is 31.2 Å². The molecule has 5 aliphatic rings. The highest BCUT2D eigenvalue weighted by Crippen LogP contribution is 2.76. The zero-order valence-electron chi connectivity index (χ0n) is 15.6. The van der Waals surface area contributed by atoms with E-state index in [-0.39, 0.29) is 17.8 Å². The van der Waals surface area contributed by atoms with Crippen molar-refractivity contribution >= 4 is 5.78 Å². The van der Waals surface area contributed by atoms with Crippen LogP contribution in [-0.2, 0) is 4.79 Å². The molecular formula is C23H30O3. The Morgan fingerprint density at radius 1 is 1.31 bits per heavy atom. The Morgan fingerprint density at radius 3 is 2.92 bits per heavy atom. The van der Waals surface area contributed by atoms with Gasteiger partial charge in [0.2, 0.25) is 0 Å². The van der Waals surface area contributed by atoms with Crippen molar-refractivity contribution in [3.05, 3.63) is 36.0 Å². The van der Waals surface area contributed by atoms with Crippen LogP contribution in [0.5, 0.6) is 0 Å². The Labute approximate surface area is 155 Å². The molecule has 5 rings (SSSR count). The van der Waals surface area contributed by atoms with Gasteiger partial charge in [-0.25, -0.2) is 0 Å². The Bertz CT molecular complexity index is 719. The minimum atomic E-state index is -0.753. The third-order valence-corrected chi connectivity index (χ3v) is 8.73. The Hall–Kier alpha value is -1.19. The average molecular weight is 354 g/mol. The fraction of sp³-hybridized carbons (Fsp3) is 0.696. The van der Waals surface area contributed by atoms with Crippen LogP contribution in [0.15, 0.2) is 36.0 Å². The molecule has 0 saturated heterocycles. The zero-order chi connectivity index (χ0) is 18.1. The molecule has 3 fully saturated rings. The molecule has 0 aromatic rings. The molecule has 2 N–H and O–H groups in total. The maximum absolute atomic E-state index is 11.8. The third-order valence-electron chi connectivity index (χ3n) is 8.73. The highest BCUT2D eigenvalue weighted by Gasteiger charge is 2.75. The first-order valence-electron chi connectivity index (χ1n) is 10.5. The van der Waals surface area contributed by atoms with Gasteiger partial charge in [-0.2, -0.15) is 0 Å². The fourth-order valence-electron chi connectivity index (χ4n) is 7.70. The van der Waals surface area contributed by atoms with Crippen molar-refractivity contribution in [2.24, 2.45) is 40.9 Å². The van der Waals surface area contributed by atoms with E-state index in [0.29, 0.717) is 41.9 Å². The minimum Gasteiger partial charge on any atom is -0.392 e. The summed E-state index contributed by atoms with van der Waals surface area (Å²) in [5, 5.41) is 21.0. The van der Waals surface area contributed by atoms with Gasteiger partial charge >= 0.3 is 0 Å². The average Bonchev–Trinajstić information content (AvgIpc) is 3.41. The van der Waals surface area contributed by atoms with E-state index in [1.165, 1.54) is 5.57 Å². The van der Waals surface area contributed by atoms with Gasteiger partial charge in [0.05, 0.1) is 12.2 Å². The predicted molar refractivity (Wildman–Crippen MR) is 100 cm³/mol. The van der Waals surface area contributed by atoms with Crippen molar-refractivity contribution in [2.75, 3.05) is 6.61 Å². The molecule has 5 aliphatic carbocycles. The molecule has 4 unspecified atom stereocenters. The summed E-state index contributed by atoms with van der Waals surface area (Å²) in [4.78, 5) is 11.8. The standard InChI is InChI=1S/C23H30O3/c1-2-22-10-8-17-16-7-5-15(25)12-14(16)4-6-18(17)21(22)19-13-20(19)23(22,26)9-3-11-24/h3-4,6,9,12,16-21,24,26H,2,5,7-8,10-11,13H2,1H3/b9-3-/t16-,17?,18?,19?,20-,21?,22-,23-/m0/s1. The second kappa shape index (κ2) is 5.65. The molecule has 0 radical (unpaired) electrons. The van der Waals surface area contributed by atoms with Crippen molar-refractivity contribution in [3.63, 3.8) is 0 Å².